The Bertz CT molecular complexity index is 351. The quantitative estimate of drug-likeness (QED) is 0.818. The summed E-state index contributed by atoms with van der Waals surface area (Å²) in [4.78, 5) is 2.32. The molecule has 0 atom stereocenters. The van der Waals surface area contributed by atoms with Gasteiger partial charge in [-0.15, -0.1) is 11.6 Å². The molecule has 1 aromatic rings. The molecular weight excluding hydrogens is 224 g/mol. The fourth-order valence-electron chi connectivity index (χ4n) is 2.08. The Kier molecular flexibility index (Phi) is 4.04. The van der Waals surface area contributed by atoms with Crippen LogP contribution in [0.25, 0.3) is 0 Å². The number of hydrogen-bond donors (Lipinski definition) is 1. The molecular formula is C12H17ClN2O. The largest absolute Gasteiger partial charge is 0.378 e. The van der Waals surface area contributed by atoms with E-state index in [0.29, 0.717) is 12.4 Å². The topological polar surface area (TPSA) is 38.5 Å². The van der Waals surface area contributed by atoms with Crippen LogP contribution >= 0.6 is 11.6 Å². The number of benzene rings is 1. The molecule has 16 heavy (non-hydrogen) atoms. The smallest absolute Gasteiger partial charge is 0.0642 e. The van der Waals surface area contributed by atoms with Crippen molar-refractivity contribution in [2.45, 2.75) is 12.4 Å². The fourth-order valence-corrected chi connectivity index (χ4v) is 2.33. The third-order valence-electron chi connectivity index (χ3n) is 2.95. The molecule has 1 saturated heterocycles. The number of anilines is 1. The van der Waals surface area contributed by atoms with Gasteiger partial charge in [-0.1, -0.05) is 12.1 Å². The van der Waals surface area contributed by atoms with Gasteiger partial charge in [0.2, 0.25) is 0 Å². The third-order valence-corrected chi connectivity index (χ3v) is 3.24. The maximum absolute atomic E-state index is 5.92. The number of halogens is 1. The highest BCUT2D eigenvalue weighted by Gasteiger charge is 2.15. The Morgan fingerprint density at radius 2 is 2.06 bits per heavy atom. The zero-order valence-electron chi connectivity index (χ0n) is 9.29. The van der Waals surface area contributed by atoms with Crippen molar-refractivity contribution in [3.05, 3.63) is 29.3 Å². The molecule has 88 valence electrons. The van der Waals surface area contributed by atoms with E-state index in [0.717, 1.165) is 31.9 Å². The highest BCUT2D eigenvalue weighted by atomic mass is 35.5. The van der Waals surface area contributed by atoms with E-state index >= 15 is 0 Å². The van der Waals surface area contributed by atoms with Crippen LogP contribution in [-0.2, 0) is 17.2 Å². The normalized spacial score (nSPS) is 16.5. The summed E-state index contributed by atoms with van der Waals surface area (Å²) in [6.07, 6.45) is 0. The Balaban J connectivity index is 2.30. The summed E-state index contributed by atoms with van der Waals surface area (Å²) in [5, 5.41) is 0. The number of morpholine rings is 1. The maximum atomic E-state index is 5.92. The van der Waals surface area contributed by atoms with Gasteiger partial charge in [0.05, 0.1) is 13.2 Å². The summed E-state index contributed by atoms with van der Waals surface area (Å²) < 4.78 is 5.35. The molecule has 2 N–H and O–H groups in total. The molecule has 0 bridgehead atoms. The molecule has 0 saturated carbocycles. The highest BCUT2D eigenvalue weighted by Crippen LogP contribution is 2.25. The minimum atomic E-state index is 0.519. The Hall–Kier alpha value is -0.770. The second kappa shape index (κ2) is 5.53. The molecule has 0 aromatic heterocycles. The van der Waals surface area contributed by atoms with Crippen molar-refractivity contribution in [2.24, 2.45) is 5.73 Å². The Labute approximate surface area is 101 Å². The first-order valence-electron chi connectivity index (χ1n) is 5.56. The van der Waals surface area contributed by atoms with Gasteiger partial charge in [0, 0.05) is 31.2 Å². The first-order valence-corrected chi connectivity index (χ1v) is 6.09. The van der Waals surface area contributed by atoms with Gasteiger partial charge in [-0.3, -0.25) is 0 Å². The van der Waals surface area contributed by atoms with Crippen molar-refractivity contribution in [1.29, 1.82) is 0 Å². The van der Waals surface area contributed by atoms with Crippen LogP contribution in [0.5, 0.6) is 0 Å². The minimum absolute atomic E-state index is 0.519. The standard InChI is InChI=1S/C12H17ClN2O/c13-8-10-2-1-3-12(11(10)9-14)15-4-6-16-7-5-15/h1-3H,4-9,14H2. The summed E-state index contributed by atoms with van der Waals surface area (Å²) >= 11 is 5.92. The van der Waals surface area contributed by atoms with Crippen LogP contribution in [0.15, 0.2) is 18.2 Å². The molecule has 4 heteroatoms. The molecule has 3 nitrogen and oxygen atoms in total. The van der Waals surface area contributed by atoms with Crippen LogP contribution in [0.2, 0.25) is 0 Å². The summed E-state index contributed by atoms with van der Waals surface area (Å²) in [6, 6.07) is 6.20. The summed E-state index contributed by atoms with van der Waals surface area (Å²) in [7, 11) is 0. The van der Waals surface area contributed by atoms with Crippen LogP contribution in [0, 0.1) is 0 Å². The van der Waals surface area contributed by atoms with Crippen molar-refractivity contribution in [3.8, 4) is 0 Å². The number of ether oxygens (including phenoxy) is 1. The predicted octanol–water partition coefficient (Wildman–Crippen LogP) is 1.72. The first kappa shape index (κ1) is 11.7. The van der Waals surface area contributed by atoms with Gasteiger partial charge in [0.25, 0.3) is 0 Å². The van der Waals surface area contributed by atoms with E-state index in [1.54, 1.807) is 0 Å². The zero-order chi connectivity index (χ0) is 11.4. The van der Waals surface area contributed by atoms with Crippen molar-refractivity contribution in [1.82, 2.24) is 0 Å². The van der Waals surface area contributed by atoms with Gasteiger partial charge in [-0.2, -0.15) is 0 Å². The predicted molar refractivity (Wildman–Crippen MR) is 66.9 cm³/mol. The molecule has 0 amide bonds. The average molecular weight is 241 g/mol. The van der Waals surface area contributed by atoms with Gasteiger partial charge in [0.15, 0.2) is 0 Å². The van der Waals surface area contributed by atoms with E-state index in [1.165, 1.54) is 11.3 Å². The number of rotatable bonds is 3. The average Bonchev–Trinajstić information content (AvgIpc) is 2.38. The minimum Gasteiger partial charge on any atom is -0.378 e. The van der Waals surface area contributed by atoms with Crippen LogP contribution < -0.4 is 10.6 Å². The van der Waals surface area contributed by atoms with E-state index < -0.39 is 0 Å². The lowest BCUT2D eigenvalue weighted by atomic mass is 10.1. The molecule has 0 radical (unpaired) electrons. The van der Waals surface area contributed by atoms with Gasteiger partial charge >= 0.3 is 0 Å². The molecule has 1 fully saturated rings. The lowest BCUT2D eigenvalue weighted by Crippen LogP contribution is -2.37. The van der Waals surface area contributed by atoms with Crippen LogP contribution in [0.3, 0.4) is 0 Å². The number of nitrogens with two attached hydrogens (primary N) is 1. The molecule has 1 aliphatic heterocycles. The lowest BCUT2D eigenvalue weighted by Gasteiger charge is -2.31. The van der Waals surface area contributed by atoms with Gasteiger partial charge in [0.1, 0.15) is 0 Å². The summed E-state index contributed by atoms with van der Waals surface area (Å²) in [6.45, 7) is 3.97. The second-order valence-electron chi connectivity index (χ2n) is 3.85. The summed E-state index contributed by atoms with van der Waals surface area (Å²) in [5.41, 5.74) is 9.33. The molecule has 0 spiro atoms. The van der Waals surface area contributed by atoms with E-state index in [4.69, 9.17) is 22.1 Å². The first-order chi connectivity index (χ1) is 7.86. The SMILES string of the molecule is NCc1c(CCl)cccc1N1CCOCC1. The molecule has 0 unspecified atom stereocenters. The van der Waals surface area contributed by atoms with E-state index in [2.05, 4.69) is 11.0 Å². The van der Waals surface area contributed by atoms with E-state index in [9.17, 15) is 0 Å². The Morgan fingerprint density at radius 3 is 2.69 bits per heavy atom. The van der Waals surface area contributed by atoms with Crippen LogP contribution in [0.1, 0.15) is 11.1 Å². The van der Waals surface area contributed by atoms with E-state index in [1.807, 2.05) is 12.1 Å². The zero-order valence-corrected chi connectivity index (χ0v) is 10.0. The van der Waals surface area contributed by atoms with Gasteiger partial charge < -0.3 is 15.4 Å². The van der Waals surface area contributed by atoms with Crippen molar-refractivity contribution < 1.29 is 4.74 Å². The molecule has 2 rings (SSSR count). The number of nitrogens with zero attached hydrogens (tertiary/aromatic N) is 1. The van der Waals surface area contributed by atoms with E-state index in [-0.39, 0.29) is 0 Å². The fraction of sp³-hybridized carbons (Fsp3) is 0.500. The lowest BCUT2D eigenvalue weighted by molar-refractivity contribution is 0.122. The van der Waals surface area contributed by atoms with Crippen molar-refractivity contribution >= 4 is 17.3 Å². The van der Waals surface area contributed by atoms with Gasteiger partial charge in [-0.05, 0) is 17.2 Å². The van der Waals surface area contributed by atoms with Crippen molar-refractivity contribution in [3.63, 3.8) is 0 Å². The number of hydrogen-bond acceptors (Lipinski definition) is 3. The van der Waals surface area contributed by atoms with Crippen LogP contribution in [-0.4, -0.2) is 26.3 Å². The number of alkyl halides is 1. The molecule has 0 aliphatic carbocycles. The molecule has 1 aromatic carbocycles. The van der Waals surface area contributed by atoms with Crippen molar-refractivity contribution in [2.75, 3.05) is 31.2 Å². The Morgan fingerprint density at radius 1 is 1.31 bits per heavy atom. The van der Waals surface area contributed by atoms with Gasteiger partial charge in [-0.25, -0.2) is 0 Å². The summed E-state index contributed by atoms with van der Waals surface area (Å²) in [5.74, 6) is 0.519. The second-order valence-corrected chi connectivity index (χ2v) is 4.12. The highest BCUT2D eigenvalue weighted by molar-refractivity contribution is 6.17. The maximum Gasteiger partial charge on any atom is 0.0642 e. The van der Waals surface area contributed by atoms with Crippen LogP contribution in [0.4, 0.5) is 5.69 Å². The monoisotopic (exact) mass is 240 g/mol. The molecule has 1 heterocycles. The third kappa shape index (κ3) is 2.32. The molecule has 1 aliphatic rings.